The lowest BCUT2D eigenvalue weighted by atomic mass is 10.1. The molecule has 0 aliphatic rings. The summed E-state index contributed by atoms with van der Waals surface area (Å²) in [5.74, 6) is 1.86. The van der Waals surface area contributed by atoms with Gasteiger partial charge >= 0.3 is 0 Å². The van der Waals surface area contributed by atoms with Gasteiger partial charge in [-0.05, 0) is 30.2 Å². The van der Waals surface area contributed by atoms with Gasteiger partial charge in [0.1, 0.15) is 5.75 Å². The van der Waals surface area contributed by atoms with Crippen LogP contribution in [-0.4, -0.2) is 15.2 Å². The highest BCUT2D eigenvalue weighted by Gasteiger charge is 2.07. The highest BCUT2D eigenvalue weighted by Crippen LogP contribution is 2.30. The van der Waals surface area contributed by atoms with Crippen molar-refractivity contribution in [3.63, 3.8) is 0 Å². The van der Waals surface area contributed by atoms with E-state index in [0.29, 0.717) is 22.2 Å². The predicted molar refractivity (Wildman–Crippen MR) is 104 cm³/mol. The second-order valence-electron chi connectivity index (χ2n) is 5.50. The fourth-order valence-corrected chi connectivity index (χ4v) is 3.32. The molecule has 0 radical (unpaired) electrons. The third kappa shape index (κ3) is 5.15. The molecule has 25 heavy (non-hydrogen) atoms. The third-order valence-electron chi connectivity index (χ3n) is 3.59. The Bertz CT molecular complexity index is 761. The standard InChI is InChI=1S/C18H19IN4O2/c1-2-3-16(19)13-4-7-15(8-5-13)25-17-9-6-14(10-21-17)20-11-18-23-22-12-24-18/h4-10,12,16,20H,2-3,11H2,1H3. The lowest BCUT2D eigenvalue weighted by Crippen LogP contribution is -2.00. The number of halogens is 1. The number of anilines is 1. The van der Waals surface area contributed by atoms with Gasteiger partial charge in [-0.2, -0.15) is 0 Å². The van der Waals surface area contributed by atoms with Crippen molar-refractivity contribution in [2.24, 2.45) is 0 Å². The van der Waals surface area contributed by atoms with Crippen molar-refractivity contribution in [1.29, 1.82) is 0 Å². The number of ether oxygens (including phenoxy) is 1. The van der Waals surface area contributed by atoms with Crippen LogP contribution < -0.4 is 10.1 Å². The van der Waals surface area contributed by atoms with Crippen molar-refractivity contribution in [3.05, 3.63) is 60.4 Å². The molecule has 1 atom stereocenters. The van der Waals surface area contributed by atoms with Crippen LogP contribution in [0.1, 0.15) is 35.1 Å². The first kappa shape index (κ1) is 17.7. The summed E-state index contributed by atoms with van der Waals surface area (Å²) in [5, 5.41) is 10.6. The van der Waals surface area contributed by atoms with Gasteiger partial charge in [0.25, 0.3) is 0 Å². The number of nitrogens with zero attached hydrogens (tertiary/aromatic N) is 3. The summed E-state index contributed by atoms with van der Waals surface area (Å²) >= 11 is 2.48. The zero-order chi connectivity index (χ0) is 17.5. The van der Waals surface area contributed by atoms with Crippen molar-refractivity contribution >= 4 is 28.3 Å². The minimum absolute atomic E-state index is 0.457. The van der Waals surface area contributed by atoms with Gasteiger partial charge in [-0.15, -0.1) is 10.2 Å². The highest BCUT2D eigenvalue weighted by atomic mass is 127. The Kier molecular flexibility index (Phi) is 6.21. The van der Waals surface area contributed by atoms with E-state index >= 15 is 0 Å². The molecular weight excluding hydrogens is 431 g/mol. The summed E-state index contributed by atoms with van der Waals surface area (Å²) in [5.41, 5.74) is 2.18. The van der Waals surface area contributed by atoms with Crippen LogP contribution in [0.15, 0.2) is 53.4 Å². The maximum Gasteiger partial charge on any atom is 0.235 e. The van der Waals surface area contributed by atoms with E-state index in [0.717, 1.165) is 11.4 Å². The molecule has 1 unspecified atom stereocenters. The first-order valence-corrected chi connectivity index (χ1v) is 9.36. The second kappa shape index (κ2) is 8.80. The summed E-state index contributed by atoms with van der Waals surface area (Å²) < 4.78 is 11.4. The van der Waals surface area contributed by atoms with Crippen LogP contribution in [0.4, 0.5) is 5.69 Å². The molecule has 0 saturated heterocycles. The largest absolute Gasteiger partial charge is 0.439 e. The number of aromatic nitrogens is 3. The zero-order valence-electron chi connectivity index (χ0n) is 13.9. The Morgan fingerprint density at radius 2 is 2.04 bits per heavy atom. The van der Waals surface area contributed by atoms with Gasteiger partial charge in [-0.1, -0.05) is 48.1 Å². The van der Waals surface area contributed by atoms with E-state index in [1.54, 1.807) is 6.20 Å². The number of nitrogens with one attached hydrogen (secondary N) is 1. The molecule has 0 amide bonds. The van der Waals surface area contributed by atoms with Crippen LogP contribution in [-0.2, 0) is 6.54 Å². The number of hydrogen-bond acceptors (Lipinski definition) is 6. The van der Waals surface area contributed by atoms with Crippen LogP contribution in [0.2, 0.25) is 0 Å². The number of hydrogen-bond donors (Lipinski definition) is 1. The maximum absolute atomic E-state index is 5.80. The molecule has 0 aliphatic carbocycles. The van der Waals surface area contributed by atoms with Gasteiger partial charge in [0.15, 0.2) is 0 Å². The van der Waals surface area contributed by atoms with Gasteiger partial charge in [0.05, 0.1) is 18.4 Å². The van der Waals surface area contributed by atoms with E-state index in [1.807, 2.05) is 24.3 Å². The molecule has 0 spiro atoms. The van der Waals surface area contributed by atoms with Crippen molar-refractivity contribution in [1.82, 2.24) is 15.2 Å². The Morgan fingerprint density at radius 1 is 1.20 bits per heavy atom. The second-order valence-corrected chi connectivity index (χ2v) is 7.00. The lowest BCUT2D eigenvalue weighted by Gasteiger charge is -2.10. The molecule has 6 nitrogen and oxygen atoms in total. The highest BCUT2D eigenvalue weighted by molar-refractivity contribution is 14.1. The average Bonchev–Trinajstić information content (AvgIpc) is 3.15. The monoisotopic (exact) mass is 450 g/mol. The summed E-state index contributed by atoms with van der Waals surface area (Å²) in [6.45, 7) is 2.66. The summed E-state index contributed by atoms with van der Waals surface area (Å²) in [6, 6.07) is 11.9. The zero-order valence-corrected chi connectivity index (χ0v) is 16.0. The van der Waals surface area contributed by atoms with Gasteiger partial charge in [-0.3, -0.25) is 0 Å². The number of rotatable bonds is 8. The van der Waals surface area contributed by atoms with Crippen LogP contribution in [0, 0.1) is 0 Å². The molecule has 0 fully saturated rings. The van der Waals surface area contributed by atoms with Crippen LogP contribution in [0.25, 0.3) is 0 Å². The molecule has 0 saturated carbocycles. The molecule has 1 aromatic carbocycles. The molecule has 2 heterocycles. The van der Waals surface area contributed by atoms with E-state index in [2.05, 4.69) is 62.1 Å². The van der Waals surface area contributed by atoms with Gasteiger partial charge < -0.3 is 14.5 Å². The summed E-state index contributed by atoms with van der Waals surface area (Å²) in [4.78, 5) is 4.31. The number of alkyl halides is 1. The van der Waals surface area contributed by atoms with E-state index in [-0.39, 0.29) is 0 Å². The van der Waals surface area contributed by atoms with Gasteiger partial charge in [0, 0.05) is 9.99 Å². The molecule has 1 N–H and O–H groups in total. The third-order valence-corrected chi connectivity index (χ3v) is 4.93. The number of benzene rings is 1. The lowest BCUT2D eigenvalue weighted by molar-refractivity contribution is 0.463. The molecule has 2 aromatic heterocycles. The van der Waals surface area contributed by atoms with Crippen molar-refractivity contribution in [3.8, 4) is 11.6 Å². The van der Waals surface area contributed by atoms with Crippen molar-refractivity contribution in [2.75, 3.05) is 5.32 Å². The fourth-order valence-electron chi connectivity index (χ4n) is 2.28. The first-order chi connectivity index (χ1) is 12.2. The number of pyridine rings is 1. The van der Waals surface area contributed by atoms with Gasteiger partial charge in [0.2, 0.25) is 18.2 Å². The van der Waals surface area contributed by atoms with Crippen molar-refractivity contribution in [2.45, 2.75) is 30.2 Å². The normalized spacial score (nSPS) is 11.9. The van der Waals surface area contributed by atoms with E-state index in [4.69, 9.17) is 9.15 Å². The SMILES string of the molecule is CCCC(I)c1ccc(Oc2ccc(NCc3nnco3)cn2)cc1. The average molecular weight is 450 g/mol. The van der Waals surface area contributed by atoms with E-state index < -0.39 is 0 Å². The fraction of sp³-hybridized carbons (Fsp3) is 0.278. The Hall–Kier alpha value is -2.16. The molecule has 0 bridgehead atoms. The summed E-state index contributed by atoms with van der Waals surface area (Å²) in [7, 11) is 0. The maximum atomic E-state index is 5.80. The Morgan fingerprint density at radius 3 is 2.68 bits per heavy atom. The molecule has 3 aromatic rings. The van der Waals surface area contributed by atoms with Crippen LogP contribution >= 0.6 is 22.6 Å². The topological polar surface area (TPSA) is 73.1 Å². The van der Waals surface area contributed by atoms with E-state index in [9.17, 15) is 0 Å². The predicted octanol–water partition coefficient (Wildman–Crippen LogP) is 5.15. The molecular formula is C18H19IN4O2. The molecule has 0 aliphatic heterocycles. The quantitative estimate of drug-likeness (QED) is 0.378. The first-order valence-electron chi connectivity index (χ1n) is 8.11. The molecule has 130 valence electrons. The minimum Gasteiger partial charge on any atom is -0.439 e. The van der Waals surface area contributed by atoms with Crippen LogP contribution in [0.3, 0.4) is 0 Å². The van der Waals surface area contributed by atoms with Gasteiger partial charge in [-0.25, -0.2) is 4.98 Å². The van der Waals surface area contributed by atoms with Crippen molar-refractivity contribution < 1.29 is 9.15 Å². The Balaban J connectivity index is 1.55. The Labute approximate surface area is 160 Å². The van der Waals surface area contributed by atoms with Crippen LogP contribution in [0.5, 0.6) is 11.6 Å². The molecule has 3 rings (SSSR count). The minimum atomic E-state index is 0.457. The molecule has 7 heteroatoms. The van der Waals surface area contributed by atoms with E-state index in [1.165, 1.54) is 24.8 Å². The summed E-state index contributed by atoms with van der Waals surface area (Å²) in [6.07, 6.45) is 5.38. The smallest absolute Gasteiger partial charge is 0.235 e.